The van der Waals surface area contributed by atoms with Crippen molar-refractivity contribution in [1.29, 1.82) is 0 Å². The van der Waals surface area contributed by atoms with Crippen LogP contribution >= 0.6 is 27.5 Å². The largest absolute Gasteiger partial charge is 0.330 e. The van der Waals surface area contributed by atoms with Crippen LogP contribution in [0, 0.1) is 5.82 Å². The quantitative estimate of drug-likeness (QED) is 0.868. The van der Waals surface area contributed by atoms with Crippen molar-refractivity contribution in [3.8, 4) is 0 Å². The second-order valence-corrected chi connectivity index (χ2v) is 5.72. The first-order valence-corrected chi connectivity index (χ1v) is 7.17. The molecule has 0 amide bonds. The van der Waals surface area contributed by atoms with Crippen molar-refractivity contribution in [3.05, 3.63) is 68.9 Å². The molecule has 1 atom stereocenters. The smallest absolute Gasteiger partial charge is 0.126 e. The number of benzene rings is 2. The zero-order valence-corrected chi connectivity index (χ0v) is 12.6. The molecule has 0 heterocycles. The molecule has 0 spiro atoms. The lowest BCUT2D eigenvalue weighted by Crippen LogP contribution is -2.16. The molecule has 1 unspecified atom stereocenters. The van der Waals surface area contributed by atoms with Crippen molar-refractivity contribution in [2.45, 2.75) is 12.3 Å². The summed E-state index contributed by atoms with van der Waals surface area (Å²) in [5.41, 5.74) is 7.40. The number of hydrogen-bond donors (Lipinski definition) is 1. The molecule has 2 rings (SSSR count). The van der Waals surface area contributed by atoms with E-state index >= 15 is 0 Å². The van der Waals surface area contributed by atoms with E-state index in [-0.39, 0.29) is 11.7 Å². The van der Waals surface area contributed by atoms with Gasteiger partial charge >= 0.3 is 0 Å². The zero-order valence-electron chi connectivity index (χ0n) is 10.2. The molecule has 0 bridgehead atoms. The highest BCUT2D eigenvalue weighted by Crippen LogP contribution is 2.28. The number of halogens is 3. The van der Waals surface area contributed by atoms with Crippen molar-refractivity contribution >= 4 is 27.5 Å². The average Bonchev–Trinajstić information content (AvgIpc) is 2.39. The Morgan fingerprint density at radius 2 is 1.95 bits per heavy atom. The lowest BCUT2D eigenvalue weighted by Gasteiger charge is -2.17. The van der Waals surface area contributed by atoms with Crippen LogP contribution in [0.25, 0.3) is 0 Å². The zero-order chi connectivity index (χ0) is 13.8. The Labute approximate surface area is 125 Å². The highest BCUT2D eigenvalue weighted by molar-refractivity contribution is 9.10. The summed E-state index contributed by atoms with van der Waals surface area (Å²) in [7, 11) is 0. The van der Waals surface area contributed by atoms with E-state index in [4.69, 9.17) is 17.3 Å². The summed E-state index contributed by atoms with van der Waals surface area (Å²) in [6, 6.07) is 12.4. The molecule has 100 valence electrons. The number of hydrogen-bond acceptors (Lipinski definition) is 1. The standard InChI is InChI=1S/C15H14BrClFN/c16-12-6-5-10(14(17)8-12)7-11(9-19)13-3-1-2-4-15(13)18/h1-6,8,11H,7,9,19H2. The summed E-state index contributed by atoms with van der Waals surface area (Å²) in [5, 5.41) is 0.671. The molecule has 2 aromatic rings. The SMILES string of the molecule is NCC(Cc1ccc(Br)cc1Cl)c1ccccc1F. The van der Waals surface area contributed by atoms with E-state index < -0.39 is 0 Å². The van der Waals surface area contributed by atoms with Crippen LogP contribution in [0.1, 0.15) is 17.0 Å². The first kappa shape index (κ1) is 14.5. The molecule has 1 nitrogen and oxygen atoms in total. The first-order chi connectivity index (χ1) is 9.11. The average molecular weight is 343 g/mol. The predicted octanol–water partition coefficient (Wildman–Crippen LogP) is 4.53. The lowest BCUT2D eigenvalue weighted by molar-refractivity contribution is 0.576. The fourth-order valence-electron chi connectivity index (χ4n) is 2.08. The van der Waals surface area contributed by atoms with E-state index in [1.54, 1.807) is 12.1 Å². The summed E-state index contributed by atoms with van der Waals surface area (Å²) < 4.78 is 14.7. The van der Waals surface area contributed by atoms with Crippen LogP contribution in [-0.2, 0) is 6.42 Å². The topological polar surface area (TPSA) is 26.0 Å². The van der Waals surface area contributed by atoms with Gasteiger partial charge in [0.05, 0.1) is 0 Å². The fourth-order valence-corrected chi connectivity index (χ4v) is 2.83. The number of rotatable bonds is 4. The van der Waals surface area contributed by atoms with Gasteiger partial charge in [0.25, 0.3) is 0 Å². The molecular weight excluding hydrogens is 329 g/mol. The third-order valence-electron chi connectivity index (χ3n) is 3.11. The summed E-state index contributed by atoms with van der Waals surface area (Å²) in [5.74, 6) is -0.286. The fraction of sp³-hybridized carbons (Fsp3) is 0.200. The monoisotopic (exact) mass is 341 g/mol. The van der Waals surface area contributed by atoms with Crippen molar-refractivity contribution in [2.75, 3.05) is 6.54 Å². The molecule has 0 saturated carbocycles. The van der Waals surface area contributed by atoms with Gasteiger partial charge in [-0.1, -0.05) is 51.8 Å². The second kappa shape index (κ2) is 6.51. The Balaban J connectivity index is 2.27. The molecule has 4 heteroatoms. The minimum absolute atomic E-state index is 0.0696. The molecular formula is C15H14BrClFN. The summed E-state index contributed by atoms with van der Waals surface area (Å²) in [6.45, 7) is 0.382. The maximum absolute atomic E-state index is 13.8. The van der Waals surface area contributed by atoms with E-state index in [1.165, 1.54) is 6.07 Å². The molecule has 0 saturated heterocycles. The highest BCUT2D eigenvalue weighted by atomic mass is 79.9. The van der Waals surface area contributed by atoms with Gasteiger partial charge < -0.3 is 5.73 Å². The van der Waals surface area contributed by atoms with E-state index in [9.17, 15) is 4.39 Å². The van der Waals surface area contributed by atoms with E-state index in [2.05, 4.69) is 15.9 Å². The van der Waals surface area contributed by atoms with E-state index in [0.717, 1.165) is 10.0 Å². The Morgan fingerprint density at radius 3 is 2.58 bits per heavy atom. The molecule has 0 fully saturated rings. The van der Waals surface area contributed by atoms with Crippen molar-refractivity contribution in [3.63, 3.8) is 0 Å². The third-order valence-corrected chi connectivity index (χ3v) is 3.96. The lowest BCUT2D eigenvalue weighted by atomic mass is 9.91. The van der Waals surface area contributed by atoms with Gasteiger partial charge in [0.1, 0.15) is 5.82 Å². The van der Waals surface area contributed by atoms with Crippen LogP contribution in [0.4, 0.5) is 4.39 Å². The Bertz CT molecular complexity index is 574. The normalized spacial score (nSPS) is 12.4. The Kier molecular flexibility index (Phi) is 4.97. The first-order valence-electron chi connectivity index (χ1n) is 6.00. The summed E-state index contributed by atoms with van der Waals surface area (Å²) >= 11 is 9.56. The van der Waals surface area contributed by atoms with Gasteiger partial charge in [-0.3, -0.25) is 0 Å². The molecule has 2 aromatic carbocycles. The predicted molar refractivity (Wildman–Crippen MR) is 81.1 cm³/mol. The summed E-state index contributed by atoms with van der Waals surface area (Å²) in [6.07, 6.45) is 0.629. The van der Waals surface area contributed by atoms with Crippen molar-refractivity contribution < 1.29 is 4.39 Å². The third kappa shape index (κ3) is 3.56. The minimum Gasteiger partial charge on any atom is -0.330 e. The maximum atomic E-state index is 13.8. The van der Waals surface area contributed by atoms with Gasteiger partial charge in [0.2, 0.25) is 0 Å². The Hall–Kier alpha value is -0.900. The van der Waals surface area contributed by atoms with Crippen LogP contribution in [0.15, 0.2) is 46.9 Å². The highest BCUT2D eigenvalue weighted by Gasteiger charge is 2.16. The van der Waals surface area contributed by atoms with Gasteiger partial charge in [-0.05, 0) is 42.3 Å². The molecule has 2 N–H and O–H groups in total. The molecule has 0 radical (unpaired) electrons. The van der Waals surface area contributed by atoms with Gasteiger partial charge in [0, 0.05) is 15.4 Å². The van der Waals surface area contributed by atoms with Crippen LogP contribution in [0.3, 0.4) is 0 Å². The molecule has 0 aliphatic heterocycles. The van der Waals surface area contributed by atoms with Crippen molar-refractivity contribution in [2.24, 2.45) is 5.73 Å². The van der Waals surface area contributed by atoms with Crippen LogP contribution in [0.2, 0.25) is 5.02 Å². The molecule has 19 heavy (non-hydrogen) atoms. The van der Waals surface area contributed by atoms with Crippen LogP contribution < -0.4 is 5.73 Å². The molecule has 0 aliphatic rings. The van der Waals surface area contributed by atoms with E-state index in [0.29, 0.717) is 23.6 Å². The van der Waals surface area contributed by atoms with Crippen molar-refractivity contribution in [1.82, 2.24) is 0 Å². The van der Waals surface area contributed by atoms with Gasteiger partial charge in [-0.15, -0.1) is 0 Å². The van der Waals surface area contributed by atoms with Crippen LogP contribution in [-0.4, -0.2) is 6.54 Å². The van der Waals surface area contributed by atoms with Gasteiger partial charge in [0.15, 0.2) is 0 Å². The van der Waals surface area contributed by atoms with E-state index in [1.807, 2.05) is 24.3 Å². The minimum atomic E-state index is -0.216. The molecule has 0 aliphatic carbocycles. The summed E-state index contributed by atoms with van der Waals surface area (Å²) in [4.78, 5) is 0. The molecule has 0 aromatic heterocycles. The second-order valence-electron chi connectivity index (χ2n) is 4.39. The Morgan fingerprint density at radius 1 is 1.21 bits per heavy atom. The number of nitrogens with two attached hydrogens (primary N) is 1. The van der Waals surface area contributed by atoms with Gasteiger partial charge in [-0.2, -0.15) is 0 Å². The van der Waals surface area contributed by atoms with Gasteiger partial charge in [-0.25, -0.2) is 4.39 Å². The maximum Gasteiger partial charge on any atom is 0.126 e. The van der Waals surface area contributed by atoms with Crippen LogP contribution in [0.5, 0.6) is 0 Å².